The molecule has 25 heavy (non-hydrogen) atoms. The first-order valence-electron chi connectivity index (χ1n) is 9.11. The molecule has 2 N–H and O–H groups in total. The van der Waals surface area contributed by atoms with Gasteiger partial charge in [-0.1, -0.05) is 25.0 Å². The SMILES string of the molecule is NC(=O)c1cccc(C[C@@H]2CCN(S(=O)(=O)N3CCCCCC3)C2)c1. The highest BCUT2D eigenvalue weighted by molar-refractivity contribution is 7.86. The van der Waals surface area contributed by atoms with Crippen molar-refractivity contribution < 1.29 is 13.2 Å². The summed E-state index contributed by atoms with van der Waals surface area (Å²) in [6.45, 7) is 2.42. The average Bonchev–Trinajstić information content (AvgIpc) is 2.88. The molecular formula is C18H27N3O3S. The molecule has 0 spiro atoms. The van der Waals surface area contributed by atoms with E-state index in [1.54, 1.807) is 14.7 Å². The van der Waals surface area contributed by atoms with Crippen molar-refractivity contribution >= 4 is 16.1 Å². The van der Waals surface area contributed by atoms with E-state index in [1.165, 1.54) is 0 Å². The van der Waals surface area contributed by atoms with E-state index in [4.69, 9.17) is 5.73 Å². The molecule has 2 fully saturated rings. The predicted molar refractivity (Wildman–Crippen MR) is 97.3 cm³/mol. The van der Waals surface area contributed by atoms with Gasteiger partial charge in [-0.2, -0.15) is 17.0 Å². The van der Waals surface area contributed by atoms with Crippen molar-refractivity contribution in [3.63, 3.8) is 0 Å². The van der Waals surface area contributed by atoms with Crippen LogP contribution in [-0.4, -0.2) is 49.1 Å². The Labute approximate surface area is 150 Å². The molecule has 1 atom stereocenters. The van der Waals surface area contributed by atoms with Crippen molar-refractivity contribution in [3.05, 3.63) is 35.4 Å². The van der Waals surface area contributed by atoms with Crippen LogP contribution in [0.25, 0.3) is 0 Å². The summed E-state index contributed by atoms with van der Waals surface area (Å²) in [4.78, 5) is 11.3. The molecule has 0 aromatic heterocycles. The van der Waals surface area contributed by atoms with E-state index in [0.717, 1.165) is 44.1 Å². The van der Waals surface area contributed by atoms with Gasteiger partial charge in [-0.3, -0.25) is 4.79 Å². The first kappa shape index (κ1) is 18.4. The molecule has 2 saturated heterocycles. The number of rotatable bonds is 5. The van der Waals surface area contributed by atoms with E-state index < -0.39 is 16.1 Å². The minimum Gasteiger partial charge on any atom is -0.366 e. The van der Waals surface area contributed by atoms with Gasteiger partial charge in [0.2, 0.25) is 5.91 Å². The summed E-state index contributed by atoms with van der Waals surface area (Å²) in [5, 5.41) is 0. The third-order valence-electron chi connectivity index (χ3n) is 5.20. The molecule has 0 aliphatic carbocycles. The number of carbonyl (C=O) groups excluding carboxylic acids is 1. The Morgan fingerprint density at radius 1 is 1.08 bits per heavy atom. The molecule has 2 aliphatic rings. The van der Waals surface area contributed by atoms with Crippen LogP contribution >= 0.6 is 0 Å². The second-order valence-corrected chi connectivity index (χ2v) is 9.03. The summed E-state index contributed by atoms with van der Waals surface area (Å²) >= 11 is 0. The zero-order valence-corrected chi connectivity index (χ0v) is 15.4. The molecule has 7 heteroatoms. The van der Waals surface area contributed by atoms with Crippen LogP contribution < -0.4 is 5.73 Å². The average molecular weight is 365 g/mol. The molecule has 1 aromatic rings. The molecule has 3 rings (SSSR count). The lowest BCUT2D eigenvalue weighted by atomic mass is 9.97. The van der Waals surface area contributed by atoms with E-state index >= 15 is 0 Å². The highest BCUT2D eigenvalue weighted by Gasteiger charge is 2.35. The highest BCUT2D eigenvalue weighted by atomic mass is 32.2. The Kier molecular flexibility index (Phi) is 5.76. The van der Waals surface area contributed by atoms with Crippen LogP contribution in [0.1, 0.15) is 48.0 Å². The molecule has 2 aliphatic heterocycles. The van der Waals surface area contributed by atoms with Crippen LogP contribution in [0.15, 0.2) is 24.3 Å². The lowest BCUT2D eigenvalue weighted by Crippen LogP contribution is -2.43. The first-order chi connectivity index (χ1) is 12.0. The first-order valence-corrected chi connectivity index (χ1v) is 10.5. The molecule has 0 radical (unpaired) electrons. The second kappa shape index (κ2) is 7.85. The molecule has 0 saturated carbocycles. The highest BCUT2D eigenvalue weighted by Crippen LogP contribution is 2.26. The normalized spacial score (nSPS) is 23.4. The third-order valence-corrected chi connectivity index (χ3v) is 7.20. The fourth-order valence-corrected chi connectivity index (χ4v) is 5.58. The van der Waals surface area contributed by atoms with Crippen molar-refractivity contribution in [2.75, 3.05) is 26.2 Å². The quantitative estimate of drug-likeness (QED) is 0.863. The monoisotopic (exact) mass is 365 g/mol. The molecule has 1 aromatic carbocycles. The fraction of sp³-hybridized carbons (Fsp3) is 0.611. The molecule has 138 valence electrons. The number of amides is 1. The number of nitrogens with zero attached hydrogens (tertiary/aromatic N) is 2. The number of benzene rings is 1. The van der Waals surface area contributed by atoms with Crippen molar-refractivity contribution in [2.45, 2.75) is 38.5 Å². The maximum atomic E-state index is 12.9. The molecule has 0 bridgehead atoms. The Morgan fingerprint density at radius 3 is 2.48 bits per heavy atom. The molecule has 6 nitrogen and oxygen atoms in total. The van der Waals surface area contributed by atoms with Crippen LogP contribution in [0.2, 0.25) is 0 Å². The maximum Gasteiger partial charge on any atom is 0.281 e. The minimum atomic E-state index is -3.34. The van der Waals surface area contributed by atoms with Gasteiger partial charge >= 0.3 is 0 Å². The van der Waals surface area contributed by atoms with E-state index in [-0.39, 0.29) is 5.92 Å². The second-order valence-electron chi connectivity index (χ2n) is 7.10. The van der Waals surface area contributed by atoms with Gasteiger partial charge in [0.05, 0.1) is 0 Å². The van der Waals surface area contributed by atoms with E-state index in [0.29, 0.717) is 31.7 Å². The summed E-state index contributed by atoms with van der Waals surface area (Å²) < 4.78 is 29.0. The van der Waals surface area contributed by atoms with Gasteiger partial charge in [0.1, 0.15) is 0 Å². The van der Waals surface area contributed by atoms with Gasteiger partial charge in [-0.15, -0.1) is 0 Å². The molecule has 2 heterocycles. The number of hydrogen-bond acceptors (Lipinski definition) is 3. The lowest BCUT2D eigenvalue weighted by molar-refractivity contribution is 0.1000. The standard InChI is InChI=1S/C18H27N3O3S/c19-18(22)17-7-5-6-15(13-17)12-16-8-11-21(14-16)25(23,24)20-9-3-1-2-4-10-20/h5-7,13,16H,1-4,8-12,14H2,(H2,19,22)/t16-/m0/s1. The summed E-state index contributed by atoms with van der Waals surface area (Å²) in [5.41, 5.74) is 6.87. The Hall–Kier alpha value is -1.44. The molecular weight excluding hydrogens is 338 g/mol. The van der Waals surface area contributed by atoms with Crippen LogP contribution in [0.3, 0.4) is 0 Å². The zero-order valence-electron chi connectivity index (χ0n) is 14.6. The van der Waals surface area contributed by atoms with Gasteiger partial charge in [0, 0.05) is 31.7 Å². The zero-order chi connectivity index (χ0) is 17.9. The maximum absolute atomic E-state index is 12.9. The topological polar surface area (TPSA) is 83.7 Å². The molecule has 1 amide bonds. The van der Waals surface area contributed by atoms with Crippen LogP contribution in [0.4, 0.5) is 0 Å². The summed E-state index contributed by atoms with van der Waals surface area (Å²) in [5.74, 6) is -0.150. The van der Waals surface area contributed by atoms with Gasteiger partial charge in [0.15, 0.2) is 0 Å². The number of nitrogens with two attached hydrogens (primary N) is 1. The summed E-state index contributed by atoms with van der Waals surface area (Å²) in [6.07, 6.45) is 5.77. The Bertz CT molecular complexity index is 712. The number of carbonyl (C=O) groups is 1. The Morgan fingerprint density at radius 2 is 1.80 bits per heavy atom. The fourth-order valence-electron chi connectivity index (χ4n) is 3.79. The summed E-state index contributed by atoms with van der Waals surface area (Å²) in [6, 6.07) is 7.32. The largest absolute Gasteiger partial charge is 0.366 e. The van der Waals surface area contributed by atoms with Crippen molar-refractivity contribution in [1.29, 1.82) is 0 Å². The third kappa shape index (κ3) is 4.40. The molecule has 0 unspecified atom stereocenters. The van der Waals surface area contributed by atoms with Gasteiger partial charge in [0.25, 0.3) is 10.2 Å². The van der Waals surface area contributed by atoms with Crippen LogP contribution in [0.5, 0.6) is 0 Å². The van der Waals surface area contributed by atoms with Gasteiger partial charge < -0.3 is 5.73 Å². The number of primary amides is 1. The number of hydrogen-bond donors (Lipinski definition) is 1. The smallest absolute Gasteiger partial charge is 0.281 e. The lowest BCUT2D eigenvalue weighted by Gasteiger charge is -2.26. The van der Waals surface area contributed by atoms with Crippen LogP contribution in [-0.2, 0) is 16.6 Å². The van der Waals surface area contributed by atoms with Crippen molar-refractivity contribution in [2.24, 2.45) is 11.7 Å². The van der Waals surface area contributed by atoms with Crippen molar-refractivity contribution in [1.82, 2.24) is 8.61 Å². The van der Waals surface area contributed by atoms with Gasteiger partial charge in [-0.25, -0.2) is 0 Å². The minimum absolute atomic E-state index is 0.282. The van der Waals surface area contributed by atoms with E-state index in [9.17, 15) is 13.2 Å². The van der Waals surface area contributed by atoms with Gasteiger partial charge in [-0.05, 0) is 49.3 Å². The van der Waals surface area contributed by atoms with E-state index in [1.807, 2.05) is 18.2 Å². The predicted octanol–water partition coefficient (Wildman–Crippen LogP) is 1.77. The van der Waals surface area contributed by atoms with Crippen molar-refractivity contribution in [3.8, 4) is 0 Å². The van der Waals surface area contributed by atoms with E-state index in [2.05, 4.69) is 0 Å². The summed E-state index contributed by atoms with van der Waals surface area (Å²) in [7, 11) is -3.34. The van der Waals surface area contributed by atoms with Crippen LogP contribution in [0, 0.1) is 5.92 Å². The Balaban J connectivity index is 1.63.